The highest BCUT2D eigenvalue weighted by Gasteiger charge is 2.58. The summed E-state index contributed by atoms with van der Waals surface area (Å²) in [7, 11) is -4.55. The van der Waals surface area contributed by atoms with Crippen molar-refractivity contribution in [1.82, 2.24) is 5.32 Å². The van der Waals surface area contributed by atoms with Gasteiger partial charge in [0.1, 0.15) is 11.6 Å². The highest BCUT2D eigenvalue weighted by Crippen LogP contribution is 2.59. The van der Waals surface area contributed by atoms with Crippen molar-refractivity contribution in [3.05, 3.63) is 59.7 Å². The second-order valence-electron chi connectivity index (χ2n) is 9.85. The molecule has 0 spiro atoms. The first-order chi connectivity index (χ1) is 16.1. The van der Waals surface area contributed by atoms with Crippen LogP contribution >= 0.6 is 0 Å². The van der Waals surface area contributed by atoms with E-state index in [0.717, 1.165) is 37.5 Å². The van der Waals surface area contributed by atoms with Gasteiger partial charge in [0.05, 0.1) is 0 Å². The van der Waals surface area contributed by atoms with Crippen molar-refractivity contribution in [1.29, 1.82) is 0 Å². The smallest absolute Gasteiger partial charge is 0.267 e. The number of nitrogens with two attached hydrogens (primary N) is 1. The fourth-order valence-corrected chi connectivity index (χ4v) is 7.65. The summed E-state index contributed by atoms with van der Waals surface area (Å²) in [5.41, 5.74) is 5.49. The number of sulfonamides is 1. The topological polar surface area (TPSA) is 118 Å². The summed E-state index contributed by atoms with van der Waals surface area (Å²) >= 11 is 0. The molecule has 2 amide bonds. The molecule has 4 aliphatic rings. The number of halogens is 2. The predicted octanol–water partition coefficient (Wildman–Crippen LogP) is 3.18. The van der Waals surface area contributed by atoms with Crippen molar-refractivity contribution in [3.63, 3.8) is 0 Å². The highest BCUT2D eigenvalue weighted by molar-refractivity contribution is 7.92. The Balaban J connectivity index is 1.33. The van der Waals surface area contributed by atoms with E-state index in [1.165, 1.54) is 24.3 Å². The maximum atomic E-state index is 14.0. The van der Waals surface area contributed by atoms with Gasteiger partial charge in [-0.3, -0.25) is 14.3 Å². The number of hydrogen-bond acceptors (Lipinski definition) is 4. The van der Waals surface area contributed by atoms with E-state index in [1.54, 1.807) is 0 Å². The standard InChI is InChI=1S/C24H25F2N3O4S/c25-18-5-2-6-19(26)21(18)34(32,33)29-17-4-1-3-14(9-17)22(30)28-20-15-7-13-8-16(20)12-24(10-13,11-15)23(27)31/h1-6,9,13,15-16,20,29H,7-8,10-12H2,(H2,27,31)(H,28,30). The lowest BCUT2D eigenvalue weighted by Crippen LogP contribution is -2.62. The molecular formula is C24H25F2N3O4S. The van der Waals surface area contributed by atoms with Crippen molar-refractivity contribution in [2.24, 2.45) is 28.9 Å². The van der Waals surface area contributed by atoms with Gasteiger partial charge in [0.25, 0.3) is 15.9 Å². The molecule has 0 aromatic heterocycles. The zero-order chi connectivity index (χ0) is 24.3. The third kappa shape index (κ3) is 3.83. The molecule has 0 heterocycles. The van der Waals surface area contributed by atoms with Crippen LogP contribution in [0, 0.1) is 34.8 Å². The van der Waals surface area contributed by atoms with Gasteiger partial charge < -0.3 is 11.1 Å². The number of primary amides is 1. The maximum absolute atomic E-state index is 14.0. The summed E-state index contributed by atoms with van der Waals surface area (Å²) < 4.78 is 55.2. The van der Waals surface area contributed by atoms with Crippen LogP contribution in [0.4, 0.5) is 14.5 Å². The second kappa shape index (κ2) is 8.04. The van der Waals surface area contributed by atoms with Crippen molar-refractivity contribution in [2.45, 2.75) is 43.0 Å². The van der Waals surface area contributed by atoms with E-state index in [-0.39, 0.29) is 40.9 Å². The van der Waals surface area contributed by atoms with Crippen LogP contribution in [-0.2, 0) is 14.8 Å². The van der Waals surface area contributed by atoms with Gasteiger partial charge in [-0.05, 0) is 80.2 Å². The van der Waals surface area contributed by atoms with Gasteiger partial charge in [-0.15, -0.1) is 0 Å². The number of carbonyl (C=O) groups is 2. The van der Waals surface area contributed by atoms with E-state index in [4.69, 9.17) is 5.73 Å². The molecule has 7 nitrogen and oxygen atoms in total. The molecule has 4 bridgehead atoms. The minimum atomic E-state index is -4.55. The van der Waals surface area contributed by atoms with Crippen LogP contribution in [0.5, 0.6) is 0 Å². The van der Waals surface area contributed by atoms with Crippen LogP contribution in [0.2, 0.25) is 0 Å². The third-order valence-corrected chi connectivity index (χ3v) is 9.09. The van der Waals surface area contributed by atoms with E-state index in [1.807, 2.05) is 0 Å². The molecule has 0 saturated heterocycles. The van der Waals surface area contributed by atoms with Crippen molar-refractivity contribution in [3.8, 4) is 0 Å². The molecule has 180 valence electrons. The molecule has 4 aliphatic carbocycles. The van der Waals surface area contributed by atoms with E-state index < -0.39 is 32.0 Å². The third-order valence-electron chi connectivity index (χ3n) is 7.66. The molecule has 2 atom stereocenters. The largest absolute Gasteiger partial charge is 0.369 e. The fourth-order valence-electron chi connectivity index (χ4n) is 6.47. The van der Waals surface area contributed by atoms with E-state index in [0.29, 0.717) is 18.8 Å². The first kappa shape index (κ1) is 22.8. The van der Waals surface area contributed by atoms with Crippen LogP contribution in [0.15, 0.2) is 47.4 Å². The maximum Gasteiger partial charge on any atom is 0.267 e. The fraction of sp³-hybridized carbons (Fsp3) is 0.417. The Bertz CT molecular complexity index is 1250. The van der Waals surface area contributed by atoms with Crippen LogP contribution in [0.25, 0.3) is 0 Å². The molecule has 2 unspecified atom stereocenters. The van der Waals surface area contributed by atoms with Gasteiger partial charge in [0, 0.05) is 22.7 Å². The minimum Gasteiger partial charge on any atom is -0.369 e. The molecule has 6 rings (SSSR count). The van der Waals surface area contributed by atoms with Crippen molar-refractivity contribution in [2.75, 3.05) is 4.72 Å². The summed E-state index contributed by atoms with van der Waals surface area (Å²) in [4.78, 5) is 24.1. The normalized spacial score (nSPS) is 29.6. The van der Waals surface area contributed by atoms with Crippen molar-refractivity contribution >= 4 is 27.5 Å². The van der Waals surface area contributed by atoms with Gasteiger partial charge in [0.15, 0.2) is 4.90 Å². The average Bonchev–Trinajstić information content (AvgIpc) is 2.75. The van der Waals surface area contributed by atoms with Crippen LogP contribution in [-0.4, -0.2) is 26.3 Å². The lowest BCUT2D eigenvalue weighted by molar-refractivity contribution is -0.145. The molecule has 0 radical (unpaired) electrons. The number of rotatable bonds is 6. The molecule has 10 heteroatoms. The minimum absolute atomic E-state index is 0.00747. The molecule has 4 N–H and O–H groups in total. The number of hydrogen-bond donors (Lipinski definition) is 3. The molecular weight excluding hydrogens is 464 g/mol. The Hall–Kier alpha value is -3.01. The first-order valence-electron chi connectivity index (χ1n) is 11.3. The predicted molar refractivity (Wildman–Crippen MR) is 120 cm³/mol. The molecule has 0 aliphatic heterocycles. The van der Waals surface area contributed by atoms with Crippen molar-refractivity contribution < 1.29 is 26.8 Å². The summed E-state index contributed by atoms with van der Waals surface area (Å²) in [6, 6.07) is 8.46. The van der Waals surface area contributed by atoms with E-state index in [2.05, 4.69) is 10.0 Å². The number of amides is 2. The molecule has 34 heavy (non-hydrogen) atoms. The Morgan fingerprint density at radius 2 is 1.59 bits per heavy atom. The van der Waals surface area contributed by atoms with Crippen LogP contribution in [0.1, 0.15) is 42.5 Å². The summed E-state index contributed by atoms with van der Waals surface area (Å²) in [6.07, 6.45) is 4.08. The first-order valence-corrected chi connectivity index (χ1v) is 12.7. The number of nitrogens with one attached hydrogen (secondary N) is 2. The van der Waals surface area contributed by atoms with E-state index >= 15 is 0 Å². The van der Waals surface area contributed by atoms with Crippen LogP contribution in [0.3, 0.4) is 0 Å². The van der Waals surface area contributed by atoms with Gasteiger partial charge in [-0.1, -0.05) is 12.1 Å². The van der Waals surface area contributed by atoms with E-state index in [9.17, 15) is 26.8 Å². The molecule has 4 saturated carbocycles. The Morgan fingerprint density at radius 3 is 2.21 bits per heavy atom. The Morgan fingerprint density at radius 1 is 0.971 bits per heavy atom. The number of carbonyl (C=O) groups excluding carboxylic acids is 2. The zero-order valence-electron chi connectivity index (χ0n) is 18.3. The van der Waals surface area contributed by atoms with Gasteiger partial charge in [-0.25, -0.2) is 17.2 Å². The highest BCUT2D eigenvalue weighted by atomic mass is 32.2. The lowest BCUT2D eigenvalue weighted by Gasteiger charge is -2.58. The summed E-state index contributed by atoms with van der Waals surface area (Å²) in [5, 5.41) is 3.09. The Labute approximate surface area is 196 Å². The van der Waals surface area contributed by atoms with Gasteiger partial charge in [0.2, 0.25) is 5.91 Å². The Kier molecular flexibility index (Phi) is 5.38. The monoisotopic (exact) mass is 489 g/mol. The summed E-state index contributed by atoms with van der Waals surface area (Å²) in [6.45, 7) is 0. The van der Waals surface area contributed by atoms with Gasteiger partial charge >= 0.3 is 0 Å². The summed E-state index contributed by atoms with van der Waals surface area (Å²) in [5.74, 6) is -2.24. The molecule has 4 fully saturated rings. The zero-order valence-corrected chi connectivity index (χ0v) is 19.1. The second-order valence-corrected chi connectivity index (χ2v) is 11.5. The number of anilines is 1. The SMILES string of the molecule is NC(=O)C12CC3CC(C1)C(NC(=O)c1cccc(NS(=O)(=O)c4c(F)cccc4F)c1)C(C3)C2. The van der Waals surface area contributed by atoms with Gasteiger partial charge in [-0.2, -0.15) is 0 Å². The molecule has 2 aromatic rings. The number of benzene rings is 2. The lowest BCUT2D eigenvalue weighted by atomic mass is 9.47. The van der Waals surface area contributed by atoms with Crippen LogP contribution < -0.4 is 15.8 Å². The average molecular weight is 490 g/mol. The molecule has 2 aromatic carbocycles. The quantitative estimate of drug-likeness (QED) is 0.578.